The Bertz CT molecular complexity index is 917. The molecule has 0 unspecified atom stereocenters. The summed E-state index contributed by atoms with van der Waals surface area (Å²) < 4.78 is 4.22. The Morgan fingerprint density at radius 3 is 2.67 bits per heavy atom. The van der Waals surface area contributed by atoms with Crippen molar-refractivity contribution in [1.29, 1.82) is 0 Å². The number of carbonyl (C=O) groups is 1. The third-order valence-corrected chi connectivity index (χ3v) is 4.76. The Balaban J connectivity index is 1.87. The quantitative estimate of drug-likeness (QED) is 0.712. The average molecular weight is 319 g/mol. The van der Waals surface area contributed by atoms with Gasteiger partial charge in [0.05, 0.1) is 6.33 Å². The molecule has 4 nitrogen and oxygen atoms in total. The summed E-state index contributed by atoms with van der Waals surface area (Å²) in [6.07, 6.45) is 7.04. The summed E-state index contributed by atoms with van der Waals surface area (Å²) in [5.41, 5.74) is 5.29. The number of hydrogen-bond acceptors (Lipinski definition) is 2. The lowest BCUT2D eigenvalue weighted by atomic mass is 9.76. The van der Waals surface area contributed by atoms with Crippen LogP contribution < -0.4 is 0 Å². The number of ketones is 1. The van der Waals surface area contributed by atoms with Crippen molar-refractivity contribution < 1.29 is 4.79 Å². The van der Waals surface area contributed by atoms with Gasteiger partial charge in [-0.1, -0.05) is 19.9 Å². The first-order chi connectivity index (χ1) is 11.4. The van der Waals surface area contributed by atoms with Gasteiger partial charge in [0.1, 0.15) is 0 Å². The molecule has 0 spiro atoms. The van der Waals surface area contributed by atoms with Gasteiger partial charge in [0.15, 0.2) is 5.78 Å². The van der Waals surface area contributed by atoms with Gasteiger partial charge >= 0.3 is 0 Å². The highest BCUT2D eigenvalue weighted by Gasteiger charge is 2.34. The van der Waals surface area contributed by atoms with Crippen LogP contribution in [0.5, 0.6) is 0 Å². The van der Waals surface area contributed by atoms with Crippen molar-refractivity contribution in [2.75, 3.05) is 0 Å². The van der Waals surface area contributed by atoms with Gasteiger partial charge < -0.3 is 9.13 Å². The van der Waals surface area contributed by atoms with Crippen LogP contribution in [0.4, 0.5) is 0 Å². The molecule has 2 heterocycles. The van der Waals surface area contributed by atoms with Gasteiger partial charge in [-0.2, -0.15) is 0 Å². The van der Waals surface area contributed by atoms with E-state index < -0.39 is 0 Å². The molecule has 122 valence electrons. The van der Waals surface area contributed by atoms with E-state index in [4.69, 9.17) is 0 Å². The molecule has 0 aliphatic heterocycles. The van der Waals surface area contributed by atoms with E-state index in [9.17, 15) is 4.79 Å². The lowest BCUT2D eigenvalue weighted by Crippen LogP contribution is -2.27. The molecule has 1 aromatic carbocycles. The van der Waals surface area contributed by atoms with Gasteiger partial charge in [-0.25, -0.2) is 4.98 Å². The van der Waals surface area contributed by atoms with Gasteiger partial charge in [-0.15, -0.1) is 0 Å². The van der Waals surface area contributed by atoms with Crippen molar-refractivity contribution in [3.8, 4) is 11.4 Å². The van der Waals surface area contributed by atoms with Gasteiger partial charge in [0.2, 0.25) is 0 Å². The van der Waals surface area contributed by atoms with Crippen LogP contribution >= 0.6 is 0 Å². The fourth-order valence-corrected chi connectivity index (χ4v) is 3.72. The molecular formula is C20H21N3O. The minimum absolute atomic E-state index is 0.00852. The second-order valence-corrected chi connectivity index (χ2v) is 7.41. The van der Waals surface area contributed by atoms with Gasteiger partial charge in [-0.3, -0.25) is 4.79 Å². The van der Waals surface area contributed by atoms with Crippen LogP contribution in [0.1, 0.15) is 42.0 Å². The Morgan fingerprint density at radius 2 is 1.92 bits per heavy atom. The van der Waals surface area contributed by atoms with Gasteiger partial charge in [-0.05, 0) is 43.0 Å². The molecule has 0 saturated carbocycles. The van der Waals surface area contributed by atoms with Crippen LogP contribution in [-0.2, 0) is 6.42 Å². The van der Waals surface area contributed by atoms with Crippen LogP contribution in [0, 0.1) is 12.3 Å². The molecule has 1 aliphatic rings. The number of nitrogens with zero attached hydrogens (tertiary/aromatic N) is 3. The molecule has 0 amide bonds. The summed E-state index contributed by atoms with van der Waals surface area (Å²) in [7, 11) is 0. The highest BCUT2D eigenvalue weighted by atomic mass is 16.1. The summed E-state index contributed by atoms with van der Waals surface area (Å²) in [5, 5.41) is 0. The molecule has 4 heteroatoms. The predicted molar refractivity (Wildman–Crippen MR) is 94.1 cm³/mol. The average Bonchev–Trinajstić information content (AvgIpc) is 3.14. The number of fused-ring (bicyclic) bond motifs is 1. The number of imidazole rings is 1. The van der Waals surface area contributed by atoms with Crippen molar-refractivity contribution >= 4 is 5.78 Å². The van der Waals surface area contributed by atoms with Crippen molar-refractivity contribution in [3.05, 3.63) is 66.0 Å². The Kier molecular flexibility index (Phi) is 3.23. The zero-order chi connectivity index (χ0) is 16.9. The first kappa shape index (κ1) is 14.9. The van der Waals surface area contributed by atoms with E-state index >= 15 is 0 Å². The van der Waals surface area contributed by atoms with E-state index in [0.717, 1.165) is 34.7 Å². The number of hydrogen-bond donors (Lipinski definition) is 0. The third-order valence-electron chi connectivity index (χ3n) is 4.76. The molecule has 0 radical (unpaired) electrons. The van der Waals surface area contributed by atoms with Gasteiger partial charge in [0, 0.05) is 47.1 Å². The number of benzene rings is 1. The van der Waals surface area contributed by atoms with E-state index in [-0.39, 0.29) is 11.2 Å². The number of Topliss-reactive ketones (excluding diaryl/α,β-unsaturated/α-hetero) is 1. The minimum atomic E-state index is 0.00852. The fourth-order valence-electron chi connectivity index (χ4n) is 3.72. The molecule has 0 bridgehead atoms. The number of aryl methyl sites for hydroxylation is 1. The molecule has 0 saturated heterocycles. The highest BCUT2D eigenvalue weighted by Crippen LogP contribution is 2.37. The normalized spacial score (nSPS) is 16.2. The smallest absolute Gasteiger partial charge is 0.165 e. The van der Waals surface area contributed by atoms with Crippen molar-refractivity contribution in [2.24, 2.45) is 5.41 Å². The maximum absolute atomic E-state index is 12.5. The van der Waals surface area contributed by atoms with Gasteiger partial charge in [0.25, 0.3) is 0 Å². The minimum Gasteiger partial charge on any atom is -0.317 e. The largest absolute Gasteiger partial charge is 0.317 e. The van der Waals surface area contributed by atoms with E-state index in [1.807, 2.05) is 22.9 Å². The number of aromatic nitrogens is 3. The zero-order valence-electron chi connectivity index (χ0n) is 14.3. The maximum atomic E-state index is 12.5. The van der Waals surface area contributed by atoms with E-state index in [2.05, 4.69) is 48.5 Å². The molecule has 0 atom stereocenters. The molecule has 1 aliphatic carbocycles. The van der Waals surface area contributed by atoms with Crippen LogP contribution in [0.2, 0.25) is 0 Å². The van der Waals surface area contributed by atoms with Crippen LogP contribution in [0.3, 0.4) is 0 Å². The second kappa shape index (κ2) is 5.20. The van der Waals surface area contributed by atoms with Crippen molar-refractivity contribution in [1.82, 2.24) is 14.1 Å². The van der Waals surface area contributed by atoms with Crippen LogP contribution in [-0.4, -0.2) is 19.9 Å². The molecule has 0 N–H and O–H groups in total. The standard InChI is InChI=1S/C20H21N3O/c1-14-9-17-18(11-20(2,3)12-19(17)24)23(14)16-6-4-5-15(10-16)22-8-7-21-13-22/h4-10,13H,11-12H2,1-3H3. The van der Waals surface area contributed by atoms with Crippen LogP contribution in [0.15, 0.2) is 49.1 Å². The third kappa shape index (κ3) is 2.39. The second-order valence-electron chi connectivity index (χ2n) is 7.41. The summed E-state index contributed by atoms with van der Waals surface area (Å²) in [6.45, 7) is 6.41. The van der Waals surface area contributed by atoms with Crippen LogP contribution in [0.25, 0.3) is 11.4 Å². The SMILES string of the molecule is Cc1cc2c(n1-c1cccc(-n3ccnc3)c1)CC(C)(C)CC2=O. The first-order valence-corrected chi connectivity index (χ1v) is 8.28. The number of carbonyl (C=O) groups excluding carboxylic acids is 1. The first-order valence-electron chi connectivity index (χ1n) is 8.28. The van der Waals surface area contributed by atoms with Crippen molar-refractivity contribution in [2.45, 2.75) is 33.6 Å². The predicted octanol–water partition coefficient (Wildman–Crippen LogP) is 4.13. The van der Waals surface area contributed by atoms with E-state index in [0.29, 0.717) is 6.42 Å². The Labute approximate surface area is 141 Å². The summed E-state index contributed by atoms with van der Waals surface area (Å²) >= 11 is 0. The summed E-state index contributed by atoms with van der Waals surface area (Å²) in [6, 6.07) is 10.4. The lowest BCUT2D eigenvalue weighted by Gasteiger charge is -2.30. The highest BCUT2D eigenvalue weighted by molar-refractivity contribution is 5.99. The Morgan fingerprint density at radius 1 is 1.12 bits per heavy atom. The molecule has 4 rings (SSSR count). The lowest BCUT2D eigenvalue weighted by molar-refractivity contribution is 0.0911. The molecule has 0 fully saturated rings. The topological polar surface area (TPSA) is 39.8 Å². The van der Waals surface area contributed by atoms with E-state index in [1.165, 1.54) is 0 Å². The molecule has 24 heavy (non-hydrogen) atoms. The summed E-state index contributed by atoms with van der Waals surface area (Å²) in [5.74, 6) is 0.258. The molecular weight excluding hydrogens is 298 g/mol. The summed E-state index contributed by atoms with van der Waals surface area (Å²) in [4.78, 5) is 16.6. The maximum Gasteiger partial charge on any atom is 0.165 e. The number of rotatable bonds is 2. The molecule has 3 aromatic rings. The fraction of sp³-hybridized carbons (Fsp3) is 0.300. The van der Waals surface area contributed by atoms with Crippen molar-refractivity contribution in [3.63, 3.8) is 0 Å². The zero-order valence-corrected chi connectivity index (χ0v) is 14.3. The molecule has 2 aromatic heterocycles. The Hall–Kier alpha value is -2.62. The monoisotopic (exact) mass is 319 g/mol. The van der Waals surface area contributed by atoms with E-state index in [1.54, 1.807) is 12.5 Å².